The molecule has 0 atom stereocenters. The molecule has 0 aliphatic rings. The Hall–Kier alpha value is -2.57. The monoisotopic (exact) mass is 269 g/mol. The summed E-state index contributed by atoms with van der Waals surface area (Å²) < 4.78 is 44.1. The van der Waals surface area contributed by atoms with Crippen molar-refractivity contribution in [2.45, 2.75) is 0 Å². The van der Waals surface area contributed by atoms with E-state index in [4.69, 9.17) is 9.84 Å². The lowest BCUT2D eigenvalue weighted by atomic mass is 10.2. The first-order valence-corrected chi connectivity index (χ1v) is 4.99. The van der Waals surface area contributed by atoms with Crippen LogP contribution < -0.4 is 4.74 Å². The van der Waals surface area contributed by atoms with Crippen LogP contribution in [-0.2, 0) is 0 Å². The summed E-state index contributed by atoms with van der Waals surface area (Å²) >= 11 is 0. The summed E-state index contributed by atoms with van der Waals surface area (Å²) in [7, 11) is 0. The van der Waals surface area contributed by atoms with Crippen LogP contribution in [0.3, 0.4) is 0 Å². The summed E-state index contributed by atoms with van der Waals surface area (Å²) in [6.07, 6.45) is 0.736. The predicted octanol–water partition coefficient (Wildman–Crippen LogP) is 2.99. The Morgan fingerprint density at radius 3 is 2.47 bits per heavy atom. The number of carbonyl (C=O) groups is 1. The number of aromatic nitrogens is 1. The zero-order valence-electron chi connectivity index (χ0n) is 9.23. The quantitative estimate of drug-likeness (QED) is 0.930. The zero-order chi connectivity index (χ0) is 14.0. The second-order valence-corrected chi connectivity index (χ2v) is 3.49. The fourth-order valence-electron chi connectivity index (χ4n) is 1.32. The van der Waals surface area contributed by atoms with E-state index in [0.29, 0.717) is 6.07 Å². The maximum absolute atomic E-state index is 13.3. The number of carboxylic acids is 1. The highest BCUT2D eigenvalue weighted by atomic mass is 19.1. The van der Waals surface area contributed by atoms with Crippen molar-refractivity contribution in [3.8, 4) is 11.6 Å². The van der Waals surface area contributed by atoms with Crippen molar-refractivity contribution in [1.29, 1.82) is 0 Å². The number of carboxylic acid groups (broad SMARTS) is 1. The molecule has 0 aliphatic heterocycles. The zero-order valence-corrected chi connectivity index (χ0v) is 9.23. The van der Waals surface area contributed by atoms with Crippen LogP contribution in [0.5, 0.6) is 11.6 Å². The van der Waals surface area contributed by atoms with Gasteiger partial charge in [0.15, 0.2) is 5.82 Å². The van der Waals surface area contributed by atoms with Crippen LogP contribution in [-0.4, -0.2) is 16.1 Å². The second kappa shape index (κ2) is 4.97. The summed E-state index contributed by atoms with van der Waals surface area (Å²) in [5.74, 6) is -5.09. The minimum Gasteiger partial charge on any atom is -0.478 e. The minimum absolute atomic E-state index is 0.152. The van der Waals surface area contributed by atoms with Crippen LogP contribution in [0.2, 0.25) is 0 Å². The highest BCUT2D eigenvalue weighted by Crippen LogP contribution is 2.24. The Labute approximate surface area is 105 Å². The van der Waals surface area contributed by atoms with Crippen molar-refractivity contribution in [2.75, 3.05) is 0 Å². The number of pyridine rings is 1. The van der Waals surface area contributed by atoms with Gasteiger partial charge in [-0.3, -0.25) is 0 Å². The van der Waals surface area contributed by atoms with E-state index in [-0.39, 0.29) is 5.75 Å². The SMILES string of the molecule is O=C(O)c1ccc(Oc2ncc(F)cc2F)cc1F. The van der Waals surface area contributed by atoms with E-state index >= 15 is 0 Å². The Morgan fingerprint density at radius 1 is 1.16 bits per heavy atom. The summed E-state index contributed by atoms with van der Waals surface area (Å²) in [5, 5.41) is 8.63. The topological polar surface area (TPSA) is 59.4 Å². The molecule has 0 saturated carbocycles. The molecule has 0 radical (unpaired) electrons. The van der Waals surface area contributed by atoms with Gasteiger partial charge in [0.25, 0.3) is 5.88 Å². The molecule has 1 aromatic heterocycles. The van der Waals surface area contributed by atoms with E-state index in [1.807, 2.05) is 0 Å². The summed E-state index contributed by atoms with van der Waals surface area (Å²) in [5.41, 5.74) is -0.542. The van der Waals surface area contributed by atoms with Crippen LogP contribution in [0, 0.1) is 17.5 Å². The first-order valence-electron chi connectivity index (χ1n) is 4.99. The van der Waals surface area contributed by atoms with Crippen molar-refractivity contribution in [2.24, 2.45) is 0 Å². The van der Waals surface area contributed by atoms with Gasteiger partial charge in [0.1, 0.15) is 17.4 Å². The number of hydrogen-bond acceptors (Lipinski definition) is 3. The Balaban J connectivity index is 2.29. The lowest BCUT2D eigenvalue weighted by Crippen LogP contribution is -2.01. The largest absolute Gasteiger partial charge is 0.478 e. The van der Waals surface area contributed by atoms with Crippen LogP contribution in [0.1, 0.15) is 10.4 Å². The van der Waals surface area contributed by atoms with Gasteiger partial charge in [-0.1, -0.05) is 0 Å². The molecule has 0 spiro atoms. The standard InChI is InChI=1S/C12H6F3NO3/c13-6-3-10(15)11(16-5-6)19-7-1-2-8(12(17)18)9(14)4-7/h1-5H,(H,17,18). The van der Waals surface area contributed by atoms with Gasteiger partial charge in [-0.25, -0.2) is 22.9 Å². The van der Waals surface area contributed by atoms with E-state index < -0.39 is 34.9 Å². The molecule has 0 unspecified atom stereocenters. The Morgan fingerprint density at radius 2 is 1.89 bits per heavy atom. The van der Waals surface area contributed by atoms with E-state index in [0.717, 1.165) is 24.4 Å². The summed E-state index contributed by atoms with van der Waals surface area (Å²) in [4.78, 5) is 13.9. The number of benzene rings is 1. The Bertz CT molecular complexity index is 646. The average molecular weight is 269 g/mol. The van der Waals surface area contributed by atoms with Crippen molar-refractivity contribution in [3.05, 3.63) is 53.5 Å². The van der Waals surface area contributed by atoms with Gasteiger partial charge in [-0.05, 0) is 12.1 Å². The highest BCUT2D eigenvalue weighted by molar-refractivity contribution is 5.88. The van der Waals surface area contributed by atoms with Gasteiger partial charge >= 0.3 is 5.97 Å². The molecule has 7 heteroatoms. The average Bonchev–Trinajstić information content (AvgIpc) is 2.32. The summed E-state index contributed by atoms with van der Waals surface area (Å²) in [6.45, 7) is 0. The fourth-order valence-corrected chi connectivity index (χ4v) is 1.32. The van der Waals surface area contributed by atoms with Gasteiger partial charge < -0.3 is 9.84 Å². The van der Waals surface area contributed by atoms with Gasteiger partial charge in [0.05, 0.1) is 11.8 Å². The normalized spacial score (nSPS) is 10.3. The molecular weight excluding hydrogens is 263 g/mol. The molecule has 19 heavy (non-hydrogen) atoms. The summed E-state index contributed by atoms with van der Waals surface area (Å²) in [6, 6.07) is 3.43. The third-order valence-corrected chi connectivity index (χ3v) is 2.16. The smallest absolute Gasteiger partial charge is 0.338 e. The molecule has 1 N–H and O–H groups in total. The highest BCUT2D eigenvalue weighted by Gasteiger charge is 2.13. The maximum atomic E-state index is 13.3. The lowest BCUT2D eigenvalue weighted by molar-refractivity contribution is 0.0692. The number of hydrogen-bond donors (Lipinski definition) is 1. The predicted molar refractivity (Wildman–Crippen MR) is 57.6 cm³/mol. The van der Waals surface area contributed by atoms with E-state index in [9.17, 15) is 18.0 Å². The van der Waals surface area contributed by atoms with Crippen LogP contribution >= 0.6 is 0 Å². The molecule has 1 aromatic carbocycles. The molecule has 0 amide bonds. The first-order chi connectivity index (χ1) is 8.97. The third-order valence-electron chi connectivity index (χ3n) is 2.16. The lowest BCUT2D eigenvalue weighted by Gasteiger charge is -2.06. The molecule has 2 rings (SSSR count). The van der Waals surface area contributed by atoms with Crippen LogP contribution in [0.15, 0.2) is 30.5 Å². The molecule has 98 valence electrons. The second-order valence-electron chi connectivity index (χ2n) is 3.49. The number of rotatable bonds is 3. The molecule has 0 aliphatic carbocycles. The fraction of sp³-hybridized carbons (Fsp3) is 0. The van der Waals surface area contributed by atoms with Gasteiger partial charge in [0.2, 0.25) is 0 Å². The van der Waals surface area contributed by atoms with Crippen molar-refractivity contribution >= 4 is 5.97 Å². The number of ether oxygens (including phenoxy) is 1. The molecular formula is C12H6F3NO3. The van der Waals surface area contributed by atoms with Crippen molar-refractivity contribution < 1.29 is 27.8 Å². The van der Waals surface area contributed by atoms with Crippen molar-refractivity contribution in [3.63, 3.8) is 0 Å². The molecule has 1 heterocycles. The van der Waals surface area contributed by atoms with E-state index in [1.165, 1.54) is 0 Å². The van der Waals surface area contributed by atoms with Crippen LogP contribution in [0.25, 0.3) is 0 Å². The molecule has 4 nitrogen and oxygen atoms in total. The van der Waals surface area contributed by atoms with Crippen LogP contribution in [0.4, 0.5) is 13.2 Å². The number of halogens is 3. The third kappa shape index (κ3) is 2.82. The first kappa shape index (κ1) is 12.9. The molecule has 0 fully saturated rings. The molecule has 0 saturated heterocycles. The number of aromatic carboxylic acids is 1. The van der Waals surface area contributed by atoms with E-state index in [2.05, 4.69) is 4.98 Å². The maximum Gasteiger partial charge on any atom is 0.338 e. The van der Waals surface area contributed by atoms with Gasteiger partial charge in [-0.2, -0.15) is 0 Å². The molecule has 0 bridgehead atoms. The van der Waals surface area contributed by atoms with Crippen molar-refractivity contribution in [1.82, 2.24) is 4.98 Å². The number of nitrogens with zero attached hydrogens (tertiary/aromatic N) is 1. The minimum atomic E-state index is -1.44. The van der Waals surface area contributed by atoms with E-state index in [1.54, 1.807) is 0 Å². The molecule has 2 aromatic rings. The van der Waals surface area contributed by atoms with Gasteiger partial charge in [0, 0.05) is 12.1 Å². The Kier molecular flexibility index (Phi) is 3.37. The van der Waals surface area contributed by atoms with Gasteiger partial charge in [-0.15, -0.1) is 0 Å².